The maximum atomic E-state index is 9.66. The lowest BCUT2D eigenvalue weighted by molar-refractivity contribution is -0.0179. The highest BCUT2D eigenvalue weighted by Gasteiger charge is 2.48. The van der Waals surface area contributed by atoms with Crippen LogP contribution < -0.4 is 4.90 Å². The van der Waals surface area contributed by atoms with Gasteiger partial charge in [0.25, 0.3) is 0 Å². The quantitative estimate of drug-likeness (QED) is 0.470. The fraction of sp³-hybridized carbons (Fsp3) is 0.393. The summed E-state index contributed by atoms with van der Waals surface area (Å²) in [6.07, 6.45) is 6.69. The Morgan fingerprint density at radius 2 is 1.80 bits per heavy atom. The Bertz CT molecular complexity index is 1310. The van der Waals surface area contributed by atoms with Gasteiger partial charge < -0.3 is 19.3 Å². The number of ether oxygens (including phenoxy) is 1. The Balaban J connectivity index is 0.000000284. The highest BCUT2D eigenvalue weighted by atomic mass is 16.5. The largest absolute Gasteiger partial charge is 0.393 e. The number of nitrogens with zero attached hydrogens (tertiary/aromatic N) is 5. The molecule has 0 radical (unpaired) electrons. The second kappa shape index (κ2) is 9.06. The molecule has 4 aromatic rings. The number of aliphatic hydroxyl groups is 1. The number of fused-ring (bicyclic) bond motifs is 3. The zero-order valence-electron chi connectivity index (χ0n) is 20.1. The van der Waals surface area contributed by atoms with E-state index in [9.17, 15) is 5.11 Å². The molecule has 0 bridgehead atoms. The summed E-state index contributed by atoms with van der Waals surface area (Å²) < 4.78 is 7.76. The SMILES string of the molecule is Cc1ccccc1.OC1CC2(CCN(c3ncc(-c4ccc5nc6n(c5c4)CCOC6)cn3)C2)C1. The second-order valence-corrected chi connectivity index (χ2v) is 10.1. The van der Waals surface area contributed by atoms with Gasteiger partial charge in [-0.25, -0.2) is 15.0 Å². The molecule has 180 valence electrons. The molecule has 2 aromatic heterocycles. The van der Waals surface area contributed by atoms with Crippen molar-refractivity contribution in [1.29, 1.82) is 0 Å². The van der Waals surface area contributed by atoms with E-state index in [0.717, 1.165) is 79.4 Å². The van der Waals surface area contributed by atoms with E-state index >= 15 is 0 Å². The molecule has 1 aliphatic carbocycles. The molecule has 35 heavy (non-hydrogen) atoms. The van der Waals surface area contributed by atoms with Crippen LogP contribution in [0.3, 0.4) is 0 Å². The third-order valence-corrected chi connectivity index (χ3v) is 7.49. The standard InChI is InChI=1S/C21H23N5O2.C7H8/c27-16-8-21(9-16)3-4-25(13-21)20-22-10-15(11-23-20)14-1-2-17-18(7-14)26-5-6-28-12-19(26)24-17;1-7-5-3-2-4-6-7/h1-2,7,10-11,16,27H,3-6,8-9,12-13H2;2-6H,1H3. The summed E-state index contributed by atoms with van der Waals surface area (Å²) in [5.41, 5.74) is 5.88. The van der Waals surface area contributed by atoms with Crippen molar-refractivity contribution in [1.82, 2.24) is 19.5 Å². The first-order valence-electron chi connectivity index (χ1n) is 12.4. The molecule has 1 saturated carbocycles. The van der Waals surface area contributed by atoms with Crippen LogP contribution in [-0.2, 0) is 17.9 Å². The van der Waals surface area contributed by atoms with Crippen molar-refractivity contribution in [3.05, 3.63) is 72.3 Å². The first-order valence-corrected chi connectivity index (χ1v) is 12.4. The molecule has 2 aromatic carbocycles. The van der Waals surface area contributed by atoms with E-state index < -0.39 is 0 Å². The van der Waals surface area contributed by atoms with Crippen molar-refractivity contribution >= 4 is 17.0 Å². The molecule has 7 heteroatoms. The summed E-state index contributed by atoms with van der Waals surface area (Å²) in [5.74, 6) is 1.79. The van der Waals surface area contributed by atoms with Crippen molar-refractivity contribution < 1.29 is 9.84 Å². The van der Waals surface area contributed by atoms with Crippen molar-refractivity contribution in [3.63, 3.8) is 0 Å². The summed E-state index contributed by atoms with van der Waals surface area (Å²) in [5, 5.41) is 9.66. The number of rotatable bonds is 2. The third-order valence-electron chi connectivity index (χ3n) is 7.49. The maximum Gasteiger partial charge on any atom is 0.225 e. The number of aliphatic hydroxyl groups excluding tert-OH is 1. The number of imidazole rings is 1. The minimum absolute atomic E-state index is 0.112. The number of aromatic nitrogens is 4. The molecule has 1 N–H and O–H groups in total. The van der Waals surface area contributed by atoms with Crippen LogP contribution in [0.25, 0.3) is 22.2 Å². The van der Waals surface area contributed by atoms with Gasteiger partial charge in [0.15, 0.2) is 0 Å². The average molecular weight is 470 g/mol. The van der Waals surface area contributed by atoms with Gasteiger partial charge in [0.2, 0.25) is 5.95 Å². The van der Waals surface area contributed by atoms with E-state index in [-0.39, 0.29) is 11.5 Å². The van der Waals surface area contributed by atoms with Gasteiger partial charge in [0.1, 0.15) is 12.4 Å². The van der Waals surface area contributed by atoms with Gasteiger partial charge in [-0.3, -0.25) is 0 Å². The van der Waals surface area contributed by atoms with Crippen molar-refractivity contribution in [2.75, 3.05) is 24.6 Å². The number of hydrogen-bond acceptors (Lipinski definition) is 6. The Kier molecular flexibility index (Phi) is 5.74. The topological polar surface area (TPSA) is 76.3 Å². The van der Waals surface area contributed by atoms with E-state index in [4.69, 9.17) is 4.74 Å². The average Bonchev–Trinajstić information content (AvgIpc) is 3.47. The number of hydrogen-bond donors (Lipinski definition) is 1. The lowest BCUT2D eigenvalue weighted by Crippen LogP contribution is -2.43. The molecule has 0 unspecified atom stereocenters. The van der Waals surface area contributed by atoms with Gasteiger partial charge in [-0.15, -0.1) is 0 Å². The molecule has 2 fully saturated rings. The van der Waals surface area contributed by atoms with Gasteiger partial charge in [0, 0.05) is 37.6 Å². The molecule has 7 rings (SSSR count). The fourth-order valence-electron chi connectivity index (χ4n) is 5.58. The first kappa shape index (κ1) is 22.2. The highest BCUT2D eigenvalue weighted by molar-refractivity contribution is 5.82. The normalized spacial score (nSPS) is 23.0. The maximum absolute atomic E-state index is 9.66. The molecule has 0 atom stereocenters. The van der Waals surface area contributed by atoms with Crippen LogP contribution in [0.2, 0.25) is 0 Å². The van der Waals surface area contributed by atoms with Crippen LogP contribution in [0.5, 0.6) is 0 Å². The first-order chi connectivity index (χ1) is 17.1. The van der Waals surface area contributed by atoms with Gasteiger partial charge in [-0.2, -0.15) is 0 Å². The minimum Gasteiger partial charge on any atom is -0.393 e. The fourth-order valence-corrected chi connectivity index (χ4v) is 5.58. The van der Waals surface area contributed by atoms with E-state index in [0.29, 0.717) is 6.61 Å². The minimum atomic E-state index is -0.112. The molecular weight excluding hydrogens is 438 g/mol. The van der Waals surface area contributed by atoms with Crippen LogP contribution >= 0.6 is 0 Å². The van der Waals surface area contributed by atoms with Gasteiger partial charge in [-0.1, -0.05) is 42.0 Å². The second-order valence-electron chi connectivity index (χ2n) is 10.1. The molecular formula is C28H31N5O2. The summed E-state index contributed by atoms with van der Waals surface area (Å²) in [4.78, 5) is 16.2. The van der Waals surface area contributed by atoms with Gasteiger partial charge in [0.05, 0.1) is 23.7 Å². The predicted octanol–water partition coefficient (Wildman–Crippen LogP) is 4.37. The van der Waals surface area contributed by atoms with E-state index in [1.54, 1.807) is 0 Å². The Morgan fingerprint density at radius 1 is 1.00 bits per heavy atom. The lowest BCUT2D eigenvalue weighted by Gasteiger charge is -2.42. The van der Waals surface area contributed by atoms with E-state index in [2.05, 4.69) is 61.7 Å². The zero-order chi connectivity index (χ0) is 23.8. The molecule has 3 aliphatic rings. The van der Waals surface area contributed by atoms with E-state index in [1.807, 2.05) is 30.6 Å². The summed E-state index contributed by atoms with van der Waals surface area (Å²) in [7, 11) is 0. The summed E-state index contributed by atoms with van der Waals surface area (Å²) >= 11 is 0. The highest BCUT2D eigenvalue weighted by Crippen LogP contribution is 2.48. The third kappa shape index (κ3) is 4.42. The van der Waals surface area contributed by atoms with Crippen LogP contribution in [0.4, 0.5) is 5.95 Å². The summed E-state index contributed by atoms with van der Waals surface area (Å²) in [6.45, 7) is 6.17. The van der Waals surface area contributed by atoms with Crippen LogP contribution in [0, 0.1) is 12.3 Å². The molecule has 0 amide bonds. The molecule has 7 nitrogen and oxygen atoms in total. The smallest absolute Gasteiger partial charge is 0.225 e. The zero-order valence-corrected chi connectivity index (χ0v) is 20.1. The van der Waals surface area contributed by atoms with E-state index in [1.165, 1.54) is 5.56 Å². The van der Waals surface area contributed by atoms with Gasteiger partial charge in [-0.05, 0) is 49.3 Å². The molecule has 1 spiro atoms. The molecule has 4 heterocycles. The Labute approximate surface area is 205 Å². The monoisotopic (exact) mass is 469 g/mol. The van der Waals surface area contributed by atoms with Crippen molar-refractivity contribution in [2.45, 2.75) is 45.4 Å². The number of anilines is 1. The summed E-state index contributed by atoms with van der Waals surface area (Å²) in [6, 6.07) is 16.6. The van der Waals surface area contributed by atoms with Crippen LogP contribution in [0.1, 0.15) is 30.7 Å². The van der Waals surface area contributed by atoms with Crippen LogP contribution in [0.15, 0.2) is 60.9 Å². The number of benzene rings is 2. The van der Waals surface area contributed by atoms with Crippen LogP contribution in [-0.4, -0.2) is 50.4 Å². The van der Waals surface area contributed by atoms with Gasteiger partial charge >= 0.3 is 0 Å². The predicted molar refractivity (Wildman–Crippen MR) is 136 cm³/mol. The molecule has 1 saturated heterocycles. The van der Waals surface area contributed by atoms with Crippen molar-refractivity contribution in [2.24, 2.45) is 5.41 Å². The number of aryl methyl sites for hydroxylation is 1. The molecule has 2 aliphatic heterocycles. The van der Waals surface area contributed by atoms with Crippen molar-refractivity contribution in [3.8, 4) is 11.1 Å². The Hall–Kier alpha value is -3.29. The Morgan fingerprint density at radius 3 is 2.51 bits per heavy atom. The lowest BCUT2D eigenvalue weighted by atomic mass is 9.66.